The van der Waals surface area contributed by atoms with E-state index in [1.165, 1.54) is 0 Å². The Morgan fingerprint density at radius 1 is 1.17 bits per heavy atom. The van der Waals surface area contributed by atoms with Crippen LogP contribution in [0.4, 0.5) is 5.69 Å². The number of hydrogen-bond acceptors (Lipinski definition) is 2. The third-order valence-electron chi connectivity index (χ3n) is 4.22. The first-order chi connectivity index (χ1) is 11.0. The predicted octanol–water partition coefficient (Wildman–Crippen LogP) is 2.83. The molecule has 0 fully saturated rings. The molecule has 1 heterocycles. The lowest BCUT2D eigenvalue weighted by atomic mass is 9.99. The summed E-state index contributed by atoms with van der Waals surface area (Å²) in [6, 6.07) is 13.5. The van der Waals surface area contributed by atoms with Crippen LogP contribution in [0.15, 0.2) is 42.5 Å². The zero-order valence-electron chi connectivity index (χ0n) is 13.4. The van der Waals surface area contributed by atoms with Gasteiger partial charge in [0.25, 0.3) is 5.91 Å². The predicted molar refractivity (Wildman–Crippen MR) is 90.5 cm³/mol. The molecule has 0 radical (unpaired) electrons. The second kappa shape index (κ2) is 6.24. The fraction of sp³-hybridized carbons (Fsp3) is 0.263. The van der Waals surface area contributed by atoms with E-state index in [0.29, 0.717) is 18.5 Å². The highest BCUT2D eigenvalue weighted by atomic mass is 16.2. The van der Waals surface area contributed by atoms with E-state index >= 15 is 0 Å². The monoisotopic (exact) mass is 308 g/mol. The molecule has 3 rings (SSSR count). The first-order valence-corrected chi connectivity index (χ1v) is 7.78. The Labute approximate surface area is 136 Å². The third-order valence-corrected chi connectivity index (χ3v) is 4.22. The largest absolute Gasteiger partial charge is 0.348 e. The van der Waals surface area contributed by atoms with Gasteiger partial charge in [-0.1, -0.05) is 29.8 Å². The fourth-order valence-electron chi connectivity index (χ4n) is 2.89. The van der Waals surface area contributed by atoms with Crippen LogP contribution in [-0.4, -0.2) is 18.9 Å². The molecule has 0 aromatic heterocycles. The SMILES string of the molecule is Cc1cccc(C(=O)NCc2ccc3c(c2)CCC(=O)N3C)c1. The van der Waals surface area contributed by atoms with E-state index in [0.717, 1.165) is 28.8 Å². The van der Waals surface area contributed by atoms with Gasteiger partial charge in [0.05, 0.1) is 0 Å². The van der Waals surface area contributed by atoms with Crippen LogP contribution in [0, 0.1) is 6.92 Å². The van der Waals surface area contributed by atoms with Gasteiger partial charge in [-0.15, -0.1) is 0 Å². The number of anilines is 1. The van der Waals surface area contributed by atoms with Gasteiger partial charge < -0.3 is 10.2 Å². The third kappa shape index (κ3) is 3.26. The maximum atomic E-state index is 12.2. The highest BCUT2D eigenvalue weighted by Gasteiger charge is 2.20. The van der Waals surface area contributed by atoms with Gasteiger partial charge in [-0.05, 0) is 42.7 Å². The molecule has 1 aliphatic heterocycles. The van der Waals surface area contributed by atoms with Crippen LogP contribution in [0.2, 0.25) is 0 Å². The standard InChI is InChI=1S/C19H20N2O2/c1-13-4-3-5-16(10-13)19(23)20-12-14-6-8-17-15(11-14)7-9-18(22)21(17)2/h3-6,8,10-11H,7,9,12H2,1-2H3,(H,20,23). The molecular weight excluding hydrogens is 288 g/mol. The highest BCUT2D eigenvalue weighted by Crippen LogP contribution is 2.27. The number of carbonyl (C=O) groups excluding carboxylic acids is 2. The van der Waals surface area contributed by atoms with Crippen molar-refractivity contribution >= 4 is 17.5 Å². The number of nitrogens with one attached hydrogen (secondary N) is 1. The minimum absolute atomic E-state index is 0.0706. The maximum Gasteiger partial charge on any atom is 0.251 e. The van der Waals surface area contributed by atoms with E-state index in [2.05, 4.69) is 11.4 Å². The van der Waals surface area contributed by atoms with Gasteiger partial charge in [-0.2, -0.15) is 0 Å². The van der Waals surface area contributed by atoms with Gasteiger partial charge in [0.2, 0.25) is 5.91 Å². The van der Waals surface area contributed by atoms with Crippen LogP contribution in [0.25, 0.3) is 0 Å². The summed E-state index contributed by atoms with van der Waals surface area (Å²) < 4.78 is 0. The number of nitrogens with zero attached hydrogens (tertiary/aromatic N) is 1. The summed E-state index contributed by atoms with van der Waals surface area (Å²) >= 11 is 0. The van der Waals surface area contributed by atoms with Crippen LogP contribution in [-0.2, 0) is 17.8 Å². The molecule has 0 saturated heterocycles. The smallest absolute Gasteiger partial charge is 0.251 e. The minimum atomic E-state index is -0.0706. The molecule has 2 aromatic rings. The maximum absolute atomic E-state index is 12.2. The van der Waals surface area contributed by atoms with E-state index in [4.69, 9.17) is 0 Å². The number of rotatable bonds is 3. The van der Waals surface area contributed by atoms with Crippen LogP contribution in [0.1, 0.15) is 33.5 Å². The number of aryl methyl sites for hydroxylation is 2. The molecule has 2 aromatic carbocycles. The number of hydrogen-bond donors (Lipinski definition) is 1. The molecule has 2 amide bonds. The topological polar surface area (TPSA) is 49.4 Å². The summed E-state index contributed by atoms with van der Waals surface area (Å²) in [6.45, 7) is 2.45. The number of fused-ring (bicyclic) bond motifs is 1. The van der Waals surface area contributed by atoms with Gasteiger partial charge in [0.1, 0.15) is 0 Å². The molecule has 0 aliphatic carbocycles. The second-order valence-electron chi connectivity index (χ2n) is 5.97. The average molecular weight is 308 g/mol. The van der Waals surface area contributed by atoms with Crippen molar-refractivity contribution in [3.63, 3.8) is 0 Å². The van der Waals surface area contributed by atoms with Crippen molar-refractivity contribution in [1.29, 1.82) is 0 Å². The Kier molecular flexibility index (Phi) is 4.15. The van der Waals surface area contributed by atoms with Crippen LogP contribution in [0.5, 0.6) is 0 Å². The summed E-state index contributed by atoms with van der Waals surface area (Å²) in [6.07, 6.45) is 1.31. The molecule has 0 spiro atoms. The van der Waals surface area contributed by atoms with Crippen LogP contribution < -0.4 is 10.2 Å². The zero-order valence-corrected chi connectivity index (χ0v) is 13.4. The summed E-state index contributed by atoms with van der Waals surface area (Å²) in [7, 11) is 1.81. The van der Waals surface area contributed by atoms with Crippen molar-refractivity contribution in [2.75, 3.05) is 11.9 Å². The molecule has 0 atom stereocenters. The summed E-state index contributed by atoms with van der Waals surface area (Å²) in [5.74, 6) is 0.0803. The molecule has 118 valence electrons. The van der Waals surface area contributed by atoms with E-state index < -0.39 is 0 Å². The van der Waals surface area contributed by atoms with Crippen molar-refractivity contribution in [2.45, 2.75) is 26.3 Å². The van der Waals surface area contributed by atoms with Crippen LogP contribution >= 0.6 is 0 Å². The fourth-order valence-corrected chi connectivity index (χ4v) is 2.89. The molecule has 23 heavy (non-hydrogen) atoms. The van der Waals surface area contributed by atoms with Gasteiger partial charge in [-0.3, -0.25) is 9.59 Å². The van der Waals surface area contributed by atoms with E-state index in [1.54, 1.807) is 11.9 Å². The first-order valence-electron chi connectivity index (χ1n) is 7.78. The molecule has 0 saturated carbocycles. The normalized spacial score (nSPS) is 13.7. The molecule has 0 unspecified atom stereocenters. The first kappa shape index (κ1) is 15.3. The lowest BCUT2D eigenvalue weighted by Crippen LogP contribution is -2.31. The van der Waals surface area contributed by atoms with Crippen molar-refractivity contribution in [2.24, 2.45) is 0 Å². The van der Waals surface area contributed by atoms with Crippen molar-refractivity contribution in [3.05, 3.63) is 64.7 Å². The molecule has 1 N–H and O–H groups in total. The van der Waals surface area contributed by atoms with Crippen molar-refractivity contribution < 1.29 is 9.59 Å². The van der Waals surface area contributed by atoms with E-state index in [9.17, 15) is 9.59 Å². The Morgan fingerprint density at radius 3 is 2.78 bits per heavy atom. The van der Waals surface area contributed by atoms with Crippen molar-refractivity contribution in [3.8, 4) is 0 Å². The average Bonchev–Trinajstić information content (AvgIpc) is 2.56. The molecule has 4 nitrogen and oxygen atoms in total. The Balaban J connectivity index is 1.70. The van der Waals surface area contributed by atoms with Gasteiger partial charge in [-0.25, -0.2) is 0 Å². The second-order valence-corrected chi connectivity index (χ2v) is 5.97. The molecule has 0 bridgehead atoms. The van der Waals surface area contributed by atoms with Crippen molar-refractivity contribution in [1.82, 2.24) is 5.32 Å². The van der Waals surface area contributed by atoms with E-state index in [1.807, 2.05) is 43.3 Å². The van der Waals surface area contributed by atoms with E-state index in [-0.39, 0.29) is 11.8 Å². The molecule has 4 heteroatoms. The summed E-state index contributed by atoms with van der Waals surface area (Å²) in [4.78, 5) is 25.6. The lowest BCUT2D eigenvalue weighted by molar-refractivity contribution is -0.118. The van der Waals surface area contributed by atoms with Gasteiger partial charge >= 0.3 is 0 Å². The van der Waals surface area contributed by atoms with Crippen LogP contribution in [0.3, 0.4) is 0 Å². The zero-order chi connectivity index (χ0) is 16.4. The summed E-state index contributed by atoms with van der Waals surface area (Å²) in [5.41, 5.74) is 4.92. The number of amides is 2. The van der Waals surface area contributed by atoms with Gasteiger partial charge in [0, 0.05) is 31.3 Å². The molecule has 1 aliphatic rings. The number of benzene rings is 2. The Morgan fingerprint density at radius 2 is 2.00 bits per heavy atom. The van der Waals surface area contributed by atoms with Gasteiger partial charge in [0.15, 0.2) is 0 Å². The quantitative estimate of drug-likeness (QED) is 0.948. The number of carbonyl (C=O) groups is 2. The Bertz CT molecular complexity index is 768. The lowest BCUT2D eigenvalue weighted by Gasteiger charge is -2.26. The minimum Gasteiger partial charge on any atom is -0.348 e. The highest BCUT2D eigenvalue weighted by molar-refractivity contribution is 5.96. The molecular formula is C19H20N2O2. The Hall–Kier alpha value is -2.62. The summed E-state index contributed by atoms with van der Waals surface area (Å²) in [5, 5.41) is 2.95.